The zero-order chi connectivity index (χ0) is 13.9. The predicted molar refractivity (Wildman–Crippen MR) is 82.6 cm³/mol. The molecule has 0 amide bonds. The molecule has 0 aliphatic carbocycles. The Labute approximate surface area is 119 Å². The topological polar surface area (TPSA) is 18.5 Å². The smallest absolute Gasteiger partial charge is 0.0219 e. The second-order valence-electron chi connectivity index (χ2n) is 7.12. The third-order valence-electron chi connectivity index (χ3n) is 5.36. The Morgan fingerprint density at radius 2 is 1.84 bits per heavy atom. The number of hydrogen-bond acceptors (Lipinski definition) is 3. The number of hydrogen-bond donors (Lipinski definition) is 1. The van der Waals surface area contributed by atoms with Crippen molar-refractivity contribution >= 4 is 0 Å². The van der Waals surface area contributed by atoms with E-state index in [0.29, 0.717) is 11.5 Å². The Kier molecular flexibility index (Phi) is 5.27. The number of piperazine rings is 1. The maximum atomic E-state index is 3.71. The van der Waals surface area contributed by atoms with Crippen molar-refractivity contribution in [2.75, 3.05) is 39.8 Å². The molecule has 0 aromatic rings. The second-order valence-corrected chi connectivity index (χ2v) is 7.12. The van der Waals surface area contributed by atoms with E-state index in [-0.39, 0.29) is 0 Å². The fourth-order valence-electron chi connectivity index (χ4n) is 3.60. The first kappa shape index (κ1) is 15.3. The first-order valence-corrected chi connectivity index (χ1v) is 8.22. The molecule has 2 fully saturated rings. The number of nitrogens with one attached hydrogen (secondary N) is 1. The Morgan fingerprint density at radius 1 is 1.16 bits per heavy atom. The molecular formula is C16H33N3. The molecule has 2 saturated heterocycles. The number of piperidine rings is 1. The van der Waals surface area contributed by atoms with E-state index in [1.807, 2.05) is 0 Å². The molecule has 2 aliphatic heterocycles. The van der Waals surface area contributed by atoms with Gasteiger partial charge >= 0.3 is 0 Å². The van der Waals surface area contributed by atoms with E-state index in [4.69, 9.17) is 0 Å². The highest BCUT2D eigenvalue weighted by Gasteiger charge is 2.34. The molecule has 2 rings (SSSR count). The number of likely N-dealkylation sites (tertiary alicyclic amines) is 1. The van der Waals surface area contributed by atoms with Crippen molar-refractivity contribution in [3.05, 3.63) is 0 Å². The average Bonchev–Trinajstić information content (AvgIpc) is 2.42. The van der Waals surface area contributed by atoms with E-state index in [1.165, 1.54) is 58.4 Å². The van der Waals surface area contributed by atoms with Gasteiger partial charge in [0.15, 0.2) is 0 Å². The van der Waals surface area contributed by atoms with Crippen LogP contribution in [0.1, 0.15) is 46.5 Å². The molecule has 0 radical (unpaired) electrons. The van der Waals surface area contributed by atoms with E-state index >= 15 is 0 Å². The minimum atomic E-state index is 0.537. The first-order valence-electron chi connectivity index (χ1n) is 8.22. The summed E-state index contributed by atoms with van der Waals surface area (Å²) in [5, 5.41) is 3.71. The van der Waals surface area contributed by atoms with Crippen molar-refractivity contribution in [2.24, 2.45) is 5.41 Å². The molecule has 19 heavy (non-hydrogen) atoms. The first-order chi connectivity index (χ1) is 9.06. The van der Waals surface area contributed by atoms with Crippen LogP contribution in [0.2, 0.25) is 0 Å². The van der Waals surface area contributed by atoms with Gasteiger partial charge in [0.05, 0.1) is 0 Å². The van der Waals surface area contributed by atoms with Crippen molar-refractivity contribution in [1.29, 1.82) is 0 Å². The van der Waals surface area contributed by atoms with Crippen molar-refractivity contribution in [3.8, 4) is 0 Å². The van der Waals surface area contributed by atoms with Gasteiger partial charge in [0, 0.05) is 31.7 Å². The van der Waals surface area contributed by atoms with Crippen LogP contribution in [0.15, 0.2) is 0 Å². The molecule has 2 heterocycles. The average molecular weight is 267 g/mol. The zero-order valence-corrected chi connectivity index (χ0v) is 13.4. The third-order valence-corrected chi connectivity index (χ3v) is 5.36. The lowest BCUT2D eigenvalue weighted by atomic mass is 9.79. The third kappa shape index (κ3) is 3.93. The maximum absolute atomic E-state index is 3.71. The standard InChI is InChI=1S/C16H33N3/c1-5-14-12-19(15(6-2)11-17-14)13-16(3)7-9-18(4)10-8-16/h14-15,17H,5-13H2,1-4H3. The van der Waals surface area contributed by atoms with Gasteiger partial charge in [-0.05, 0) is 51.2 Å². The molecular weight excluding hydrogens is 234 g/mol. The maximum Gasteiger partial charge on any atom is 0.0219 e. The molecule has 3 heteroatoms. The molecule has 2 unspecified atom stereocenters. The van der Waals surface area contributed by atoms with Crippen LogP contribution in [0, 0.1) is 5.41 Å². The monoisotopic (exact) mass is 267 g/mol. The van der Waals surface area contributed by atoms with Crippen molar-refractivity contribution in [3.63, 3.8) is 0 Å². The van der Waals surface area contributed by atoms with E-state index in [1.54, 1.807) is 0 Å². The van der Waals surface area contributed by atoms with Crippen LogP contribution in [0.3, 0.4) is 0 Å². The van der Waals surface area contributed by atoms with E-state index in [2.05, 4.69) is 42.9 Å². The summed E-state index contributed by atoms with van der Waals surface area (Å²) in [5.41, 5.74) is 0.537. The van der Waals surface area contributed by atoms with Crippen LogP contribution in [-0.2, 0) is 0 Å². The molecule has 1 N–H and O–H groups in total. The lowest BCUT2D eigenvalue weighted by Gasteiger charge is -2.47. The van der Waals surface area contributed by atoms with Crippen LogP contribution in [0.4, 0.5) is 0 Å². The minimum Gasteiger partial charge on any atom is -0.311 e. The summed E-state index contributed by atoms with van der Waals surface area (Å²) in [7, 11) is 2.26. The molecule has 3 nitrogen and oxygen atoms in total. The van der Waals surface area contributed by atoms with E-state index in [0.717, 1.165) is 6.04 Å². The van der Waals surface area contributed by atoms with Crippen molar-refractivity contribution in [2.45, 2.75) is 58.5 Å². The van der Waals surface area contributed by atoms with Crippen molar-refractivity contribution < 1.29 is 0 Å². The van der Waals surface area contributed by atoms with Crippen molar-refractivity contribution in [1.82, 2.24) is 15.1 Å². The predicted octanol–water partition coefficient (Wildman–Crippen LogP) is 2.18. The van der Waals surface area contributed by atoms with Crippen LogP contribution in [0.25, 0.3) is 0 Å². The van der Waals surface area contributed by atoms with Gasteiger partial charge in [-0.1, -0.05) is 20.8 Å². The van der Waals surface area contributed by atoms with E-state index < -0.39 is 0 Å². The van der Waals surface area contributed by atoms with Gasteiger partial charge < -0.3 is 10.2 Å². The van der Waals surface area contributed by atoms with E-state index in [9.17, 15) is 0 Å². The lowest BCUT2D eigenvalue weighted by Crippen LogP contribution is -2.58. The molecule has 0 aromatic carbocycles. The lowest BCUT2D eigenvalue weighted by molar-refractivity contribution is 0.0406. The fourth-order valence-corrected chi connectivity index (χ4v) is 3.60. The molecule has 2 atom stereocenters. The number of rotatable bonds is 4. The van der Waals surface area contributed by atoms with Gasteiger partial charge in [0.25, 0.3) is 0 Å². The van der Waals surface area contributed by atoms with Gasteiger partial charge in [0.2, 0.25) is 0 Å². The summed E-state index contributed by atoms with van der Waals surface area (Å²) in [6.45, 7) is 13.4. The summed E-state index contributed by atoms with van der Waals surface area (Å²) >= 11 is 0. The Morgan fingerprint density at radius 3 is 2.42 bits per heavy atom. The van der Waals surface area contributed by atoms with Crippen LogP contribution < -0.4 is 5.32 Å². The second kappa shape index (κ2) is 6.55. The number of nitrogens with zero attached hydrogens (tertiary/aromatic N) is 2. The summed E-state index contributed by atoms with van der Waals surface area (Å²) in [5.74, 6) is 0. The summed E-state index contributed by atoms with van der Waals surface area (Å²) in [6, 6.07) is 1.46. The quantitative estimate of drug-likeness (QED) is 0.842. The van der Waals surface area contributed by atoms with Gasteiger partial charge in [-0.25, -0.2) is 0 Å². The summed E-state index contributed by atoms with van der Waals surface area (Å²) in [4.78, 5) is 5.27. The van der Waals surface area contributed by atoms with Gasteiger partial charge in [-0.15, -0.1) is 0 Å². The fraction of sp³-hybridized carbons (Fsp3) is 1.00. The summed E-state index contributed by atoms with van der Waals surface area (Å²) in [6.07, 6.45) is 5.26. The van der Waals surface area contributed by atoms with Crippen LogP contribution >= 0.6 is 0 Å². The molecule has 112 valence electrons. The highest BCUT2D eigenvalue weighted by Crippen LogP contribution is 2.32. The molecule has 0 bridgehead atoms. The van der Waals surface area contributed by atoms with Gasteiger partial charge in [-0.2, -0.15) is 0 Å². The van der Waals surface area contributed by atoms with Gasteiger partial charge in [-0.3, -0.25) is 4.90 Å². The van der Waals surface area contributed by atoms with Gasteiger partial charge in [0.1, 0.15) is 0 Å². The zero-order valence-electron chi connectivity index (χ0n) is 13.4. The Balaban J connectivity index is 1.94. The largest absolute Gasteiger partial charge is 0.311 e. The highest BCUT2D eigenvalue weighted by atomic mass is 15.2. The van der Waals surface area contributed by atoms with Crippen LogP contribution in [0.5, 0.6) is 0 Å². The highest BCUT2D eigenvalue weighted by molar-refractivity contribution is 4.91. The normalized spacial score (nSPS) is 33.5. The Hall–Kier alpha value is -0.120. The Bertz CT molecular complexity index is 271. The molecule has 0 saturated carbocycles. The summed E-state index contributed by atoms with van der Waals surface area (Å²) < 4.78 is 0. The molecule has 2 aliphatic rings. The van der Waals surface area contributed by atoms with Crippen LogP contribution in [-0.4, -0.2) is 61.7 Å². The minimum absolute atomic E-state index is 0.537. The SMILES string of the molecule is CCC1CN(CC2(C)CCN(C)CC2)C(CC)CN1. The molecule has 0 spiro atoms. The molecule has 0 aromatic heterocycles.